The van der Waals surface area contributed by atoms with Crippen molar-refractivity contribution < 1.29 is 4.21 Å². The van der Waals surface area contributed by atoms with Gasteiger partial charge in [0, 0.05) is 56.9 Å². The van der Waals surface area contributed by atoms with Crippen LogP contribution in [0.15, 0.2) is 72.1 Å². The van der Waals surface area contributed by atoms with Crippen molar-refractivity contribution in [2.45, 2.75) is 22.4 Å². The second-order valence-corrected chi connectivity index (χ2v) is 8.72. The summed E-state index contributed by atoms with van der Waals surface area (Å²) in [5.41, 5.74) is 2.47. The largest absolute Gasteiger partial charge is 0.336 e. The number of nitrogens with zero attached hydrogens (tertiary/aromatic N) is 2. The average Bonchev–Trinajstić information content (AvgIpc) is 3.13. The first-order chi connectivity index (χ1) is 12.1. The van der Waals surface area contributed by atoms with E-state index < -0.39 is 10.8 Å². The monoisotopic (exact) mass is 390 g/mol. The van der Waals surface area contributed by atoms with E-state index in [9.17, 15) is 4.21 Å². The molecule has 2 atom stereocenters. The quantitative estimate of drug-likeness (QED) is 0.572. The van der Waals surface area contributed by atoms with Crippen LogP contribution in [0.5, 0.6) is 0 Å². The number of imidazole rings is 1. The lowest BCUT2D eigenvalue weighted by molar-refractivity contribution is 0.681. The Morgan fingerprint density at radius 1 is 1.16 bits per heavy atom. The smallest absolute Gasteiger partial charge is 0.0946 e. The van der Waals surface area contributed by atoms with Crippen molar-refractivity contribution in [1.82, 2.24) is 9.55 Å². The molecule has 0 radical (unpaired) electrons. The number of hydrogen-bond donors (Lipinski definition) is 0. The van der Waals surface area contributed by atoms with E-state index >= 15 is 0 Å². The Morgan fingerprint density at radius 2 is 1.88 bits per heavy atom. The molecular formula is C19H19ClN2OS2. The molecule has 0 aliphatic heterocycles. The van der Waals surface area contributed by atoms with Gasteiger partial charge in [-0.05, 0) is 35.4 Å². The maximum atomic E-state index is 11.6. The molecule has 130 valence electrons. The Bertz CT molecular complexity index is 818. The number of rotatable bonds is 7. The van der Waals surface area contributed by atoms with Gasteiger partial charge < -0.3 is 4.57 Å². The molecule has 6 heteroatoms. The molecule has 0 amide bonds. The molecular weight excluding hydrogens is 372 g/mol. The van der Waals surface area contributed by atoms with Gasteiger partial charge in [0.25, 0.3) is 0 Å². The summed E-state index contributed by atoms with van der Waals surface area (Å²) in [6.45, 7) is 0.840. The summed E-state index contributed by atoms with van der Waals surface area (Å²) in [5.74, 6) is 0.901. The van der Waals surface area contributed by atoms with Crippen LogP contribution in [0, 0.1) is 0 Å². The number of benzene rings is 2. The van der Waals surface area contributed by atoms with Gasteiger partial charge in [-0.2, -0.15) is 0 Å². The average molecular weight is 391 g/mol. The van der Waals surface area contributed by atoms with Gasteiger partial charge in [0.05, 0.1) is 6.33 Å². The van der Waals surface area contributed by atoms with Gasteiger partial charge in [-0.15, -0.1) is 11.8 Å². The van der Waals surface area contributed by atoms with Gasteiger partial charge in [0.2, 0.25) is 0 Å². The first-order valence-corrected chi connectivity index (χ1v) is 10.9. The van der Waals surface area contributed by atoms with E-state index in [-0.39, 0.29) is 5.25 Å². The van der Waals surface area contributed by atoms with Crippen LogP contribution in [0.3, 0.4) is 0 Å². The Kier molecular flexibility index (Phi) is 6.34. The minimum absolute atomic E-state index is 0.282. The minimum Gasteiger partial charge on any atom is -0.336 e. The topological polar surface area (TPSA) is 34.9 Å². The lowest BCUT2D eigenvalue weighted by Crippen LogP contribution is -2.05. The predicted molar refractivity (Wildman–Crippen MR) is 106 cm³/mol. The molecule has 0 N–H and O–H groups in total. The van der Waals surface area contributed by atoms with Crippen LogP contribution in [0.1, 0.15) is 16.4 Å². The standard InChI is InChI=1S/C19H19ClN2OS2/c1-25(23)18-8-4-16(5-9-18)19(12-22-11-10-21-14-22)24-13-15-2-6-17(20)7-3-15/h2-11,14,19H,12-13H2,1H3. The molecule has 0 saturated carbocycles. The SMILES string of the molecule is CS(=O)c1ccc(C(Cn2ccnc2)SCc2ccc(Cl)cc2)cc1. The zero-order chi connectivity index (χ0) is 17.6. The lowest BCUT2D eigenvalue weighted by atomic mass is 10.1. The van der Waals surface area contributed by atoms with E-state index in [4.69, 9.17) is 11.6 Å². The first kappa shape index (κ1) is 18.2. The highest BCUT2D eigenvalue weighted by molar-refractivity contribution is 7.98. The van der Waals surface area contributed by atoms with Crippen LogP contribution in [-0.2, 0) is 23.1 Å². The van der Waals surface area contributed by atoms with E-state index in [1.165, 1.54) is 11.1 Å². The third-order valence-electron chi connectivity index (χ3n) is 3.88. The van der Waals surface area contributed by atoms with Crippen LogP contribution in [0.4, 0.5) is 0 Å². The molecule has 1 heterocycles. The minimum atomic E-state index is -0.952. The fraction of sp³-hybridized carbons (Fsp3) is 0.211. The molecule has 0 spiro atoms. The van der Waals surface area contributed by atoms with Gasteiger partial charge in [-0.3, -0.25) is 4.21 Å². The van der Waals surface area contributed by atoms with E-state index in [0.29, 0.717) is 0 Å². The normalized spacial score (nSPS) is 13.5. The van der Waals surface area contributed by atoms with Crippen LogP contribution in [0.2, 0.25) is 5.02 Å². The van der Waals surface area contributed by atoms with Crippen LogP contribution < -0.4 is 0 Å². The molecule has 2 unspecified atom stereocenters. The number of aromatic nitrogens is 2. The lowest BCUT2D eigenvalue weighted by Gasteiger charge is -2.18. The number of thioether (sulfide) groups is 1. The zero-order valence-electron chi connectivity index (χ0n) is 13.8. The first-order valence-electron chi connectivity index (χ1n) is 7.87. The fourth-order valence-electron chi connectivity index (χ4n) is 2.49. The fourth-order valence-corrected chi connectivity index (χ4v) is 4.35. The van der Waals surface area contributed by atoms with Crippen molar-refractivity contribution in [2.24, 2.45) is 0 Å². The molecule has 25 heavy (non-hydrogen) atoms. The summed E-state index contributed by atoms with van der Waals surface area (Å²) < 4.78 is 13.7. The Hall–Kier alpha value is -1.56. The molecule has 1 aromatic heterocycles. The number of halogens is 1. The molecule has 2 aromatic carbocycles. The summed E-state index contributed by atoms with van der Waals surface area (Å²) >= 11 is 7.84. The van der Waals surface area contributed by atoms with Gasteiger partial charge >= 0.3 is 0 Å². The van der Waals surface area contributed by atoms with Crippen molar-refractivity contribution in [2.75, 3.05) is 6.26 Å². The number of hydrogen-bond acceptors (Lipinski definition) is 3. The predicted octanol–water partition coefficient (Wildman–Crippen LogP) is 4.95. The third-order valence-corrected chi connectivity index (χ3v) is 6.40. The van der Waals surface area contributed by atoms with E-state index in [2.05, 4.69) is 33.8 Å². The highest BCUT2D eigenvalue weighted by Crippen LogP contribution is 2.33. The summed E-state index contributed by atoms with van der Waals surface area (Å²) in [6.07, 6.45) is 7.31. The Balaban J connectivity index is 1.76. The highest BCUT2D eigenvalue weighted by atomic mass is 35.5. The van der Waals surface area contributed by atoms with E-state index in [1.807, 2.05) is 48.6 Å². The summed E-state index contributed by atoms with van der Waals surface area (Å²) in [7, 11) is -0.952. The third kappa shape index (κ3) is 5.21. The van der Waals surface area contributed by atoms with Crippen molar-refractivity contribution in [3.8, 4) is 0 Å². The molecule has 3 rings (SSSR count). The van der Waals surface area contributed by atoms with Crippen LogP contribution in [-0.4, -0.2) is 20.0 Å². The second kappa shape index (κ2) is 8.70. The van der Waals surface area contributed by atoms with Crippen LogP contribution in [0.25, 0.3) is 0 Å². The maximum absolute atomic E-state index is 11.6. The van der Waals surface area contributed by atoms with Crippen LogP contribution >= 0.6 is 23.4 Å². The molecule has 3 aromatic rings. The molecule has 0 aliphatic carbocycles. The van der Waals surface area contributed by atoms with Gasteiger partial charge in [0.1, 0.15) is 0 Å². The molecule has 0 fully saturated rings. The maximum Gasteiger partial charge on any atom is 0.0946 e. The van der Waals surface area contributed by atoms with E-state index in [0.717, 1.165) is 22.2 Å². The van der Waals surface area contributed by atoms with Crippen molar-refractivity contribution in [3.63, 3.8) is 0 Å². The Morgan fingerprint density at radius 3 is 2.48 bits per heavy atom. The van der Waals surface area contributed by atoms with E-state index in [1.54, 1.807) is 12.5 Å². The van der Waals surface area contributed by atoms with Gasteiger partial charge in [-0.1, -0.05) is 35.9 Å². The second-order valence-electron chi connectivity index (χ2n) is 5.71. The molecule has 0 saturated heterocycles. The van der Waals surface area contributed by atoms with Crippen molar-refractivity contribution >= 4 is 34.2 Å². The van der Waals surface area contributed by atoms with Gasteiger partial charge in [-0.25, -0.2) is 4.98 Å². The Labute approximate surface area is 159 Å². The highest BCUT2D eigenvalue weighted by Gasteiger charge is 2.14. The zero-order valence-corrected chi connectivity index (χ0v) is 16.2. The summed E-state index contributed by atoms with van der Waals surface area (Å²) in [5, 5.41) is 1.04. The van der Waals surface area contributed by atoms with Gasteiger partial charge in [0.15, 0.2) is 0 Å². The van der Waals surface area contributed by atoms with Crippen molar-refractivity contribution in [1.29, 1.82) is 0 Å². The molecule has 3 nitrogen and oxygen atoms in total. The summed E-state index contributed by atoms with van der Waals surface area (Å²) in [6, 6.07) is 16.0. The van der Waals surface area contributed by atoms with Crippen molar-refractivity contribution in [3.05, 3.63) is 83.4 Å². The summed E-state index contributed by atoms with van der Waals surface area (Å²) in [4.78, 5) is 4.99. The molecule has 0 bridgehead atoms. The molecule has 0 aliphatic rings.